The Balaban J connectivity index is 1.86. The molecule has 0 bridgehead atoms. The summed E-state index contributed by atoms with van der Waals surface area (Å²) < 4.78 is 26.7. The number of carbonyl (C=O) groups excluding carboxylic acids is 1. The summed E-state index contributed by atoms with van der Waals surface area (Å²) in [5, 5.41) is 2.50. The summed E-state index contributed by atoms with van der Waals surface area (Å²) >= 11 is 0. The largest absolute Gasteiger partial charge is 0.323 e. The number of amides is 1. The fourth-order valence-electron chi connectivity index (χ4n) is 2.37. The Hall–Kier alpha value is -2.23. The summed E-state index contributed by atoms with van der Waals surface area (Å²) in [5.41, 5.74) is 0.200. The molecular formula is C16H13F2NO. The van der Waals surface area contributed by atoms with E-state index in [1.54, 1.807) is 0 Å². The maximum Gasteiger partial charge on any atom is 0.235 e. The maximum atomic E-state index is 13.6. The third-order valence-electron chi connectivity index (χ3n) is 3.71. The minimum Gasteiger partial charge on any atom is -0.323 e. The van der Waals surface area contributed by atoms with Crippen LogP contribution in [0.15, 0.2) is 48.5 Å². The number of nitrogens with one attached hydrogen (secondary N) is 1. The van der Waals surface area contributed by atoms with Crippen molar-refractivity contribution in [3.05, 3.63) is 65.7 Å². The average molecular weight is 273 g/mol. The second-order valence-electron chi connectivity index (χ2n) is 5.00. The van der Waals surface area contributed by atoms with Gasteiger partial charge in [0.15, 0.2) is 11.6 Å². The molecule has 1 saturated carbocycles. The van der Waals surface area contributed by atoms with Crippen molar-refractivity contribution in [1.29, 1.82) is 0 Å². The molecule has 0 unspecified atom stereocenters. The molecule has 1 aliphatic carbocycles. The number of benzene rings is 2. The Kier molecular flexibility index (Phi) is 3.01. The summed E-state index contributed by atoms with van der Waals surface area (Å²) in [4.78, 5) is 12.4. The Morgan fingerprint density at radius 3 is 2.35 bits per heavy atom. The van der Waals surface area contributed by atoms with E-state index in [-0.39, 0.29) is 11.6 Å². The summed E-state index contributed by atoms with van der Waals surface area (Å²) in [7, 11) is 0. The van der Waals surface area contributed by atoms with E-state index < -0.39 is 17.0 Å². The molecule has 1 amide bonds. The molecule has 20 heavy (non-hydrogen) atoms. The van der Waals surface area contributed by atoms with E-state index in [1.165, 1.54) is 12.1 Å². The van der Waals surface area contributed by atoms with Crippen molar-refractivity contribution in [2.45, 2.75) is 18.3 Å². The predicted octanol–water partition coefficient (Wildman–Crippen LogP) is 3.64. The Morgan fingerprint density at radius 2 is 1.70 bits per heavy atom. The van der Waals surface area contributed by atoms with Crippen LogP contribution in [0.4, 0.5) is 14.5 Å². The lowest BCUT2D eigenvalue weighted by atomic mass is 9.95. The molecule has 102 valence electrons. The molecule has 0 spiro atoms. The summed E-state index contributed by atoms with van der Waals surface area (Å²) in [6.45, 7) is 0. The third-order valence-corrected chi connectivity index (χ3v) is 3.71. The van der Waals surface area contributed by atoms with Gasteiger partial charge < -0.3 is 5.32 Å². The first-order valence-corrected chi connectivity index (χ1v) is 6.44. The van der Waals surface area contributed by atoms with Crippen LogP contribution in [0.25, 0.3) is 0 Å². The fourth-order valence-corrected chi connectivity index (χ4v) is 2.37. The molecule has 0 aliphatic heterocycles. The fraction of sp³-hybridized carbons (Fsp3) is 0.188. The molecule has 1 aliphatic rings. The highest BCUT2D eigenvalue weighted by Crippen LogP contribution is 2.49. The zero-order chi connectivity index (χ0) is 14.2. The van der Waals surface area contributed by atoms with Gasteiger partial charge in [0.1, 0.15) is 0 Å². The van der Waals surface area contributed by atoms with Crippen molar-refractivity contribution in [3.63, 3.8) is 0 Å². The van der Waals surface area contributed by atoms with Gasteiger partial charge in [-0.25, -0.2) is 8.78 Å². The second-order valence-corrected chi connectivity index (χ2v) is 5.00. The molecular weight excluding hydrogens is 260 g/mol. The van der Waals surface area contributed by atoms with Gasteiger partial charge in [-0.05, 0) is 30.5 Å². The van der Waals surface area contributed by atoms with Gasteiger partial charge in [0.05, 0.1) is 11.1 Å². The zero-order valence-corrected chi connectivity index (χ0v) is 10.7. The number of carbonyl (C=O) groups is 1. The minimum atomic E-state index is -1.02. The zero-order valence-electron chi connectivity index (χ0n) is 10.7. The van der Waals surface area contributed by atoms with E-state index in [0.717, 1.165) is 24.5 Å². The van der Waals surface area contributed by atoms with Gasteiger partial charge >= 0.3 is 0 Å². The molecule has 3 rings (SSSR count). The van der Waals surface area contributed by atoms with Gasteiger partial charge in [-0.15, -0.1) is 0 Å². The first-order chi connectivity index (χ1) is 9.63. The Bertz CT molecular complexity index is 651. The summed E-state index contributed by atoms with van der Waals surface area (Å²) in [5.74, 6) is -2.27. The second kappa shape index (κ2) is 4.71. The van der Waals surface area contributed by atoms with E-state index in [2.05, 4.69) is 5.32 Å². The topological polar surface area (TPSA) is 29.1 Å². The highest BCUT2D eigenvalue weighted by Gasteiger charge is 2.51. The van der Waals surface area contributed by atoms with Gasteiger partial charge in [-0.2, -0.15) is 0 Å². The lowest BCUT2D eigenvalue weighted by Gasteiger charge is -2.16. The van der Waals surface area contributed by atoms with E-state index in [9.17, 15) is 13.6 Å². The van der Waals surface area contributed by atoms with Crippen LogP contribution < -0.4 is 5.32 Å². The molecule has 1 N–H and O–H groups in total. The predicted molar refractivity (Wildman–Crippen MR) is 72.3 cm³/mol. The van der Waals surface area contributed by atoms with Crippen molar-refractivity contribution in [3.8, 4) is 0 Å². The van der Waals surface area contributed by atoms with Crippen molar-refractivity contribution in [2.24, 2.45) is 0 Å². The van der Waals surface area contributed by atoms with E-state index in [0.29, 0.717) is 0 Å². The van der Waals surface area contributed by atoms with Crippen LogP contribution in [-0.2, 0) is 10.2 Å². The Morgan fingerprint density at radius 1 is 1.00 bits per heavy atom. The molecule has 2 aromatic carbocycles. The summed E-state index contributed by atoms with van der Waals surface area (Å²) in [6, 6.07) is 13.1. The van der Waals surface area contributed by atoms with E-state index in [1.807, 2.05) is 30.3 Å². The van der Waals surface area contributed by atoms with Gasteiger partial charge in [0, 0.05) is 0 Å². The number of hydrogen-bond donors (Lipinski definition) is 1. The first-order valence-electron chi connectivity index (χ1n) is 6.44. The lowest BCUT2D eigenvalue weighted by molar-refractivity contribution is -0.118. The molecule has 1 fully saturated rings. The van der Waals surface area contributed by atoms with Crippen molar-refractivity contribution >= 4 is 11.6 Å². The third kappa shape index (κ3) is 2.07. The first kappa shape index (κ1) is 12.8. The highest BCUT2D eigenvalue weighted by atomic mass is 19.2. The van der Waals surface area contributed by atoms with Crippen molar-refractivity contribution in [2.75, 3.05) is 5.32 Å². The van der Waals surface area contributed by atoms with Crippen molar-refractivity contribution < 1.29 is 13.6 Å². The average Bonchev–Trinajstić information content (AvgIpc) is 3.26. The number of rotatable bonds is 3. The smallest absolute Gasteiger partial charge is 0.235 e. The van der Waals surface area contributed by atoms with Crippen LogP contribution in [0.1, 0.15) is 18.4 Å². The number of anilines is 1. The van der Waals surface area contributed by atoms with Crippen LogP contribution >= 0.6 is 0 Å². The minimum absolute atomic E-state index is 0.114. The Labute approximate surface area is 115 Å². The highest BCUT2D eigenvalue weighted by molar-refractivity contribution is 6.01. The summed E-state index contributed by atoms with van der Waals surface area (Å²) in [6.07, 6.45) is 1.44. The van der Waals surface area contributed by atoms with Gasteiger partial charge in [0.2, 0.25) is 5.91 Å². The quantitative estimate of drug-likeness (QED) is 0.909. The molecule has 0 aromatic heterocycles. The van der Waals surface area contributed by atoms with Gasteiger partial charge in [0.25, 0.3) is 0 Å². The van der Waals surface area contributed by atoms with Crippen molar-refractivity contribution in [1.82, 2.24) is 0 Å². The monoisotopic (exact) mass is 273 g/mol. The molecule has 0 radical (unpaired) electrons. The maximum absolute atomic E-state index is 13.6. The molecule has 0 heterocycles. The standard InChI is InChI=1S/C16H13F2NO/c17-12-7-4-8-13(14(12)18)19-15(20)16(9-10-16)11-5-2-1-3-6-11/h1-8H,9-10H2,(H,19,20). The van der Waals surface area contributed by atoms with Crippen LogP contribution in [0, 0.1) is 11.6 Å². The van der Waals surface area contributed by atoms with Crippen LogP contribution in [0.5, 0.6) is 0 Å². The normalized spacial score (nSPS) is 15.7. The molecule has 4 heteroatoms. The van der Waals surface area contributed by atoms with Crippen LogP contribution in [-0.4, -0.2) is 5.91 Å². The molecule has 0 saturated heterocycles. The molecule has 2 nitrogen and oxygen atoms in total. The number of halogens is 2. The lowest BCUT2D eigenvalue weighted by Crippen LogP contribution is -2.28. The van der Waals surface area contributed by atoms with E-state index in [4.69, 9.17) is 0 Å². The van der Waals surface area contributed by atoms with E-state index >= 15 is 0 Å². The molecule has 2 aromatic rings. The molecule has 0 atom stereocenters. The van der Waals surface area contributed by atoms with Crippen LogP contribution in [0.2, 0.25) is 0 Å². The van der Waals surface area contributed by atoms with Gasteiger partial charge in [-0.1, -0.05) is 36.4 Å². The number of hydrogen-bond acceptors (Lipinski definition) is 1. The van der Waals surface area contributed by atoms with Crippen LogP contribution in [0.3, 0.4) is 0 Å². The SMILES string of the molecule is O=C(Nc1cccc(F)c1F)C1(c2ccccc2)CC1. The van der Waals surface area contributed by atoms with Gasteiger partial charge in [-0.3, -0.25) is 4.79 Å².